The molecule has 1 atom stereocenters. The third kappa shape index (κ3) is 13.4. The van der Waals surface area contributed by atoms with Crippen molar-refractivity contribution in [3.63, 3.8) is 0 Å². The molecule has 1 nitrogen and oxygen atoms in total. The smallest absolute Gasteiger partial charge is 0.0881 e. The lowest BCUT2D eigenvalue weighted by Gasteiger charge is -2.33. The molecule has 0 radical (unpaired) electrons. The number of halogens is 1. The first kappa shape index (κ1) is 22.7. The molecule has 0 N–H and O–H groups in total. The monoisotopic (exact) mass is 349 g/mol. The molecule has 1 unspecified atom stereocenters. The molecule has 0 amide bonds. The Labute approximate surface area is 139 Å². The SMILES string of the molecule is CCCCCCCCCCCCC(CC)[N+](C)(C)C.[Br-]. The summed E-state index contributed by atoms with van der Waals surface area (Å²) >= 11 is 0. The van der Waals surface area contributed by atoms with Gasteiger partial charge in [-0.2, -0.15) is 0 Å². The summed E-state index contributed by atoms with van der Waals surface area (Å²) in [6.07, 6.45) is 17.2. The van der Waals surface area contributed by atoms with Crippen molar-refractivity contribution in [1.29, 1.82) is 0 Å². The van der Waals surface area contributed by atoms with Gasteiger partial charge in [0.15, 0.2) is 0 Å². The van der Waals surface area contributed by atoms with E-state index in [-0.39, 0.29) is 17.0 Å². The molecule has 0 spiro atoms. The highest BCUT2D eigenvalue weighted by molar-refractivity contribution is 4.56. The van der Waals surface area contributed by atoms with Crippen LogP contribution in [-0.2, 0) is 0 Å². The van der Waals surface area contributed by atoms with Gasteiger partial charge in [0, 0.05) is 0 Å². The normalized spacial score (nSPS) is 13.1. The van der Waals surface area contributed by atoms with Crippen LogP contribution in [0.1, 0.15) is 90.9 Å². The standard InChI is InChI=1S/C18H40N.BrH/c1-6-8-9-10-11-12-13-14-15-16-17-18(7-2)19(3,4)5;/h18H,6-17H2,1-5H3;1H/q+1;/p-1. The van der Waals surface area contributed by atoms with Crippen molar-refractivity contribution in [3.8, 4) is 0 Å². The Morgan fingerprint density at radius 1 is 0.650 bits per heavy atom. The van der Waals surface area contributed by atoms with Crippen LogP contribution in [0, 0.1) is 0 Å². The minimum atomic E-state index is 0. The Kier molecular flexibility index (Phi) is 16.3. The van der Waals surface area contributed by atoms with E-state index in [9.17, 15) is 0 Å². The molecule has 0 bridgehead atoms. The summed E-state index contributed by atoms with van der Waals surface area (Å²) in [6.45, 7) is 4.63. The van der Waals surface area contributed by atoms with E-state index in [2.05, 4.69) is 35.0 Å². The molecule has 0 rings (SSSR count). The van der Waals surface area contributed by atoms with Crippen LogP contribution < -0.4 is 17.0 Å². The lowest BCUT2D eigenvalue weighted by Crippen LogP contribution is -3.00. The fraction of sp³-hybridized carbons (Fsp3) is 1.00. The van der Waals surface area contributed by atoms with Gasteiger partial charge in [0.2, 0.25) is 0 Å². The second kappa shape index (κ2) is 14.4. The largest absolute Gasteiger partial charge is 1.00 e. The van der Waals surface area contributed by atoms with Crippen LogP contribution in [0.5, 0.6) is 0 Å². The maximum Gasteiger partial charge on any atom is 0.0881 e. The third-order valence-electron chi connectivity index (χ3n) is 4.46. The predicted molar refractivity (Wildman–Crippen MR) is 88.6 cm³/mol. The van der Waals surface area contributed by atoms with Crippen molar-refractivity contribution in [1.82, 2.24) is 0 Å². The molecule has 0 aliphatic heterocycles. The average Bonchev–Trinajstić information content (AvgIpc) is 2.34. The van der Waals surface area contributed by atoms with Crippen LogP contribution in [0.4, 0.5) is 0 Å². The molecule has 0 aliphatic carbocycles. The second-order valence-electron chi connectivity index (χ2n) is 7.15. The first-order chi connectivity index (χ1) is 9.02. The number of quaternary nitrogens is 1. The van der Waals surface area contributed by atoms with Crippen molar-refractivity contribution in [3.05, 3.63) is 0 Å². The van der Waals surface area contributed by atoms with Gasteiger partial charge in [-0.05, 0) is 19.3 Å². The van der Waals surface area contributed by atoms with Crippen LogP contribution in [0.2, 0.25) is 0 Å². The van der Waals surface area contributed by atoms with E-state index in [1.54, 1.807) is 0 Å². The Morgan fingerprint density at radius 2 is 1.05 bits per heavy atom. The van der Waals surface area contributed by atoms with Gasteiger partial charge >= 0.3 is 0 Å². The molecule has 0 fully saturated rings. The minimum Gasteiger partial charge on any atom is -1.00 e. The van der Waals surface area contributed by atoms with E-state index in [1.165, 1.54) is 77.0 Å². The van der Waals surface area contributed by atoms with Gasteiger partial charge in [0.05, 0.1) is 27.2 Å². The molecular weight excluding hydrogens is 310 g/mol. The van der Waals surface area contributed by atoms with Crippen molar-refractivity contribution in [2.24, 2.45) is 0 Å². The zero-order valence-electron chi connectivity index (χ0n) is 14.9. The fourth-order valence-corrected chi connectivity index (χ4v) is 3.01. The quantitative estimate of drug-likeness (QED) is 0.354. The summed E-state index contributed by atoms with van der Waals surface area (Å²) in [7, 11) is 7.01. The molecule has 124 valence electrons. The van der Waals surface area contributed by atoms with Gasteiger partial charge in [-0.1, -0.05) is 71.6 Å². The lowest BCUT2D eigenvalue weighted by molar-refractivity contribution is -0.896. The van der Waals surface area contributed by atoms with Crippen LogP contribution >= 0.6 is 0 Å². The van der Waals surface area contributed by atoms with Crippen LogP contribution in [0.3, 0.4) is 0 Å². The van der Waals surface area contributed by atoms with E-state index in [0.717, 1.165) is 10.5 Å². The molecular formula is C18H40BrN. The topological polar surface area (TPSA) is 0 Å². The predicted octanol–water partition coefficient (Wildman–Crippen LogP) is 2.79. The van der Waals surface area contributed by atoms with E-state index in [4.69, 9.17) is 0 Å². The first-order valence-corrected chi connectivity index (χ1v) is 8.83. The lowest BCUT2D eigenvalue weighted by atomic mass is 10.0. The Hall–Kier alpha value is 0.440. The van der Waals surface area contributed by atoms with Crippen molar-refractivity contribution in [2.75, 3.05) is 21.1 Å². The molecule has 2 heteroatoms. The number of hydrogen-bond acceptors (Lipinski definition) is 0. The Morgan fingerprint density at radius 3 is 1.40 bits per heavy atom. The number of rotatable bonds is 13. The first-order valence-electron chi connectivity index (χ1n) is 8.83. The highest BCUT2D eigenvalue weighted by Gasteiger charge is 2.20. The maximum atomic E-state index is 2.34. The van der Waals surface area contributed by atoms with Crippen LogP contribution in [-0.4, -0.2) is 31.7 Å². The molecule has 0 aromatic heterocycles. The van der Waals surface area contributed by atoms with Crippen molar-refractivity contribution >= 4 is 0 Å². The summed E-state index contributed by atoms with van der Waals surface area (Å²) in [5, 5.41) is 0. The van der Waals surface area contributed by atoms with E-state index in [0.29, 0.717) is 0 Å². The summed E-state index contributed by atoms with van der Waals surface area (Å²) in [5.41, 5.74) is 0. The summed E-state index contributed by atoms with van der Waals surface area (Å²) < 4.78 is 1.13. The van der Waals surface area contributed by atoms with E-state index in [1.807, 2.05) is 0 Å². The van der Waals surface area contributed by atoms with Gasteiger partial charge in [-0.25, -0.2) is 0 Å². The molecule has 0 aromatic rings. The second-order valence-corrected chi connectivity index (χ2v) is 7.15. The fourth-order valence-electron chi connectivity index (χ4n) is 3.01. The van der Waals surface area contributed by atoms with Gasteiger partial charge in [0.25, 0.3) is 0 Å². The van der Waals surface area contributed by atoms with Crippen LogP contribution in [0.15, 0.2) is 0 Å². The molecule has 0 aliphatic rings. The summed E-state index contributed by atoms with van der Waals surface area (Å²) in [6, 6.07) is 0.856. The van der Waals surface area contributed by atoms with Gasteiger partial charge in [0.1, 0.15) is 0 Å². The maximum absolute atomic E-state index is 2.34. The van der Waals surface area contributed by atoms with Crippen LogP contribution in [0.25, 0.3) is 0 Å². The highest BCUT2D eigenvalue weighted by atomic mass is 79.9. The zero-order chi connectivity index (χ0) is 14.6. The zero-order valence-corrected chi connectivity index (χ0v) is 16.5. The minimum absolute atomic E-state index is 0. The molecule has 0 saturated heterocycles. The van der Waals surface area contributed by atoms with Crippen molar-refractivity contribution in [2.45, 2.75) is 96.9 Å². The van der Waals surface area contributed by atoms with E-state index < -0.39 is 0 Å². The molecule has 0 heterocycles. The number of nitrogens with zero attached hydrogens (tertiary/aromatic N) is 1. The highest BCUT2D eigenvalue weighted by Crippen LogP contribution is 2.17. The summed E-state index contributed by atoms with van der Waals surface area (Å²) in [4.78, 5) is 0. The third-order valence-corrected chi connectivity index (χ3v) is 4.46. The molecule has 0 saturated carbocycles. The summed E-state index contributed by atoms with van der Waals surface area (Å²) in [5.74, 6) is 0. The molecule has 0 aromatic carbocycles. The van der Waals surface area contributed by atoms with E-state index >= 15 is 0 Å². The number of hydrogen-bond donors (Lipinski definition) is 0. The average molecular weight is 350 g/mol. The van der Waals surface area contributed by atoms with Crippen molar-refractivity contribution < 1.29 is 21.5 Å². The Balaban J connectivity index is 0. The van der Waals surface area contributed by atoms with Gasteiger partial charge in [-0.3, -0.25) is 0 Å². The van der Waals surface area contributed by atoms with Gasteiger partial charge in [-0.15, -0.1) is 0 Å². The molecule has 20 heavy (non-hydrogen) atoms. The Bertz CT molecular complexity index is 186. The number of unbranched alkanes of at least 4 members (excludes halogenated alkanes) is 9. The van der Waals surface area contributed by atoms with Gasteiger partial charge < -0.3 is 21.5 Å².